The van der Waals surface area contributed by atoms with Gasteiger partial charge in [0.25, 0.3) is 0 Å². The third-order valence-electron chi connectivity index (χ3n) is 3.71. The van der Waals surface area contributed by atoms with Crippen LogP contribution in [0.15, 0.2) is 60.7 Å². The molecule has 0 aliphatic rings. The van der Waals surface area contributed by atoms with Crippen LogP contribution in [0.25, 0.3) is 0 Å². The number of nitrogens with zero attached hydrogens (tertiary/aromatic N) is 1. The Kier molecular flexibility index (Phi) is 6.27. The molecule has 0 spiro atoms. The lowest BCUT2D eigenvalue weighted by atomic mass is 10.1. The molecule has 0 saturated heterocycles. The van der Waals surface area contributed by atoms with Gasteiger partial charge in [-0.1, -0.05) is 60.7 Å². The van der Waals surface area contributed by atoms with Crippen molar-refractivity contribution in [1.82, 2.24) is 10.2 Å². The van der Waals surface area contributed by atoms with Gasteiger partial charge >= 0.3 is 6.10 Å². The first-order valence-corrected chi connectivity index (χ1v) is 7.71. The molecule has 0 aliphatic carbocycles. The normalized spacial score (nSPS) is 13.3. The molecule has 0 aliphatic heterocycles. The van der Waals surface area contributed by atoms with Crippen LogP contribution < -0.4 is 5.32 Å². The van der Waals surface area contributed by atoms with Crippen molar-refractivity contribution < 1.29 is 15.3 Å². The number of rotatable bonds is 8. The highest BCUT2D eigenvalue weighted by Gasteiger charge is 2.24. The quantitative estimate of drug-likeness (QED) is 0.552. The summed E-state index contributed by atoms with van der Waals surface area (Å²) in [4.78, 5) is 2.04. The van der Waals surface area contributed by atoms with E-state index in [4.69, 9.17) is 15.3 Å². The topological polar surface area (TPSA) is 76.0 Å². The van der Waals surface area contributed by atoms with Crippen LogP contribution >= 0.6 is 0 Å². The first kappa shape index (κ1) is 17.6. The second kappa shape index (κ2) is 8.19. The van der Waals surface area contributed by atoms with Crippen molar-refractivity contribution in [2.75, 3.05) is 6.54 Å². The Hall–Kier alpha value is -1.76. The van der Waals surface area contributed by atoms with E-state index in [1.165, 1.54) is 5.56 Å². The van der Waals surface area contributed by atoms with Gasteiger partial charge in [0, 0.05) is 13.1 Å². The van der Waals surface area contributed by atoms with Crippen LogP contribution in [-0.4, -0.2) is 39.0 Å². The third-order valence-corrected chi connectivity index (χ3v) is 3.71. The summed E-state index contributed by atoms with van der Waals surface area (Å²) in [5.74, 6) is 0. The summed E-state index contributed by atoms with van der Waals surface area (Å²) in [6, 6.07) is 20.0. The molecule has 0 aromatic heterocycles. The Labute approximate surface area is 136 Å². The van der Waals surface area contributed by atoms with E-state index >= 15 is 0 Å². The highest BCUT2D eigenvalue weighted by Crippen LogP contribution is 2.10. The van der Waals surface area contributed by atoms with Gasteiger partial charge in [0.05, 0.1) is 6.17 Å². The smallest absolute Gasteiger partial charge is 0.330 e. The Morgan fingerprint density at radius 1 is 0.913 bits per heavy atom. The monoisotopic (exact) mass is 316 g/mol. The van der Waals surface area contributed by atoms with Crippen molar-refractivity contribution in [3.63, 3.8) is 0 Å². The van der Waals surface area contributed by atoms with Crippen LogP contribution in [0.2, 0.25) is 0 Å². The maximum absolute atomic E-state index is 9.16. The molecule has 0 amide bonds. The first-order valence-electron chi connectivity index (χ1n) is 7.71. The minimum Gasteiger partial charge on any atom is -0.330 e. The van der Waals surface area contributed by atoms with Crippen molar-refractivity contribution in [3.05, 3.63) is 71.8 Å². The summed E-state index contributed by atoms with van der Waals surface area (Å²) < 4.78 is 0. The predicted octanol–water partition coefficient (Wildman–Crippen LogP) is 1.26. The maximum Gasteiger partial charge on any atom is 0.344 e. The Morgan fingerprint density at radius 2 is 1.43 bits per heavy atom. The zero-order valence-electron chi connectivity index (χ0n) is 13.3. The minimum absolute atomic E-state index is 0.418. The van der Waals surface area contributed by atoms with Crippen LogP contribution in [0, 0.1) is 0 Å². The molecule has 5 nitrogen and oxygen atoms in total. The summed E-state index contributed by atoms with van der Waals surface area (Å²) in [6.07, 6.45) is -2.48. The third kappa shape index (κ3) is 6.48. The summed E-state index contributed by atoms with van der Waals surface area (Å²) >= 11 is 0. The molecule has 0 saturated carbocycles. The summed E-state index contributed by atoms with van der Waals surface area (Å²) in [5.41, 5.74) is 2.33. The molecule has 23 heavy (non-hydrogen) atoms. The van der Waals surface area contributed by atoms with Crippen molar-refractivity contribution in [2.24, 2.45) is 0 Å². The fourth-order valence-corrected chi connectivity index (χ4v) is 2.52. The first-order chi connectivity index (χ1) is 10.9. The Balaban J connectivity index is 2.04. The molecule has 1 atom stereocenters. The average Bonchev–Trinajstić information content (AvgIpc) is 2.51. The minimum atomic E-state index is -2.89. The van der Waals surface area contributed by atoms with Gasteiger partial charge in [-0.05, 0) is 24.5 Å². The highest BCUT2D eigenvalue weighted by atomic mass is 16.7. The molecule has 2 aromatic carbocycles. The van der Waals surface area contributed by atoms with Gasteiger partial charge in [-0.2, -0.15) is 0 Å². The molecule has 0 heterocycles. The zero-order chi connectivity index (χ0) is 16.7. The fourth-order valence-electron chi connectivity index (χ4n) is 2.52. The molecule has 2 rings (SSSR count). The van der Waals surface area contributed by atoms with Crippen molar-refractivity contribution in [3.8, 4) is 0 Å². The molecule has 124 valence electrons. The molecule has 5 heteroatoms. The van der Waals surface area contributed by atoms with Crippen LogP contribution in [0.1, 0.15) is 18.1 Å². The number of benzene rings is 2. The van der Waals surface area contributed by atoms with Crippen LogP contribution in [0.4, 0.5) is 0 Å². The van der Waals surface area contributed by atoms with E-state index in [0.29, 0.717) is 13.1 Å². The van der Waals surface area contributed by atoms with Gasteiger partial charge in [0.2, 0.25) is 0 Å². The molecule has 0 fully saturated rings. The van der Waals surface area contributed by atoms with Crippen LogP contribution in [0.3, 0.4) is 0 Å². The van der Waals surface area contributed by atoms with Gasteiger partial charge in [-0.25, -0.2) is 5.32 Å². The molecule has 1 unspecified atom stereocenters. The van der Waals surface area contributed by atoms with E-state index < -0.39 is 12.3 Å². The molecule has 2 aromatic rings. The van der Waals surface area contributed by atoms with Crippen LogP contribution in [-0.2, 0) is 13.0 Å². The van der Waals surface area contributed by atoms with Gasteiger partial charge < -0.3 is 15.3 Å². The number of nitrogens with one attached hydrogen (secondary N) is 1. The lowest BCUT2D eigenvalue weighted by Crippen LogP contribution is -2.55. The maximum atomic E-state index is 9.16. The van der Waals surface area contributed by atoms with Crippen molar-refractivity contribution in [1.29, 1.82) is 0 Å². The molecule has 4 N–H and O–H groups in total. The molecule has 0 radical (unpaired) electrons. The standard InChI is InChI=1S/C18H24N2O3/c1-15(19-18(21,22)23)20(14-17-10-6-3-7-11-17)13-12-16-8-4-2-5-9-16/h2-11,15,19,21-23H,12-14H2,1H3. The molecular formula is C18H24N2O3. The Bertz CT molecular complexity index is 570. The summed E-state index contributed by atoms with van der Waals surface area (Å²) in [7, 11) is 0. The van der Waals surface area contributed by atoms with Crippen molar-refractivity contribution in [2.45, 2.75) is 32.2 Å². The van der Waals surface area contributed by atoms with Gasteiger partial charge in [0.15, 0.2) is 0 Å². The fraction of sp³-hybridized carbons (Fsp3) is 0.333. The number of hydrogen-bond acceptors (Lipinski definition) is 5. The average molecular weight is 316 g/mol. The number of hydrogen-bond donors (Lipinski definition) is 4. The van der Waals surface area contributed by atoms with E-state index in [0.717, 1.165) is 12.0 Å². The van der Waals surface area contributed by atoms with Gasteiger partial charge in [0.1, 0.15) is 0 Å². The number of aliphatic hydroxyl groups is 3. The summed E-state index contributed by atoms with van der Waals surface area (Å²) in [6.45, 7) is 3.13. The van der Waals surface area contributed by atoms with E-state index in [1.54, 1.807) is 6.92 Å². The highest BCUT2D eigenvalue weighted by molar-refractivity contribution is 5.16. The predicted molar refractivity (Wildman–Crippen MR) is 89.0 cm³/mol. The van der Waals surface area contributed by atoms with E-state index in [-0.39, 0.29) is 0 Å². The molecule has 0 bridgehead atoms. The lowest BCUT2D eigenvalue weighted by Gasteiger charge is -2.32. The SMILES string of the molecule is CC(NC(O)(O)O)N(CCc1ccccc1)Cc1ccccc1. The van der Waals surface area contributed by atoms with Crippen molar-refractivity contribution >= 4 is 0 Å². The largest absolute Gasteiger partial charge is 0.344 e. The lowest BCUT2D eigenvalue weighted by molar-refractivity contribution is -0.339. The van der Waals surface area contributed by atoms with Gasteiger partial charge in [-0.15, -0.1) is 0 Å². The van der Waals surface area contributed by atoms with Crippen LogP contribution in [0.5, 0.6) is 0 Å². The van der Waals surface area contributed by atoms with Gasteiger partial charge in [-0.3, -0.25) is 4.90 Å². The van der Waals surface area contributed by atoms with E-state index in [9.17, 15) is 0 Å². The summed E-state index contributed by atoms with van der Waals surface area (Å²) in [5, 5.41) is 29.9. The second-order valence-electron chi connectivity index (χ2n) is 5.65. The van der Waals surface area contributed by atoms with E-state index in [1.807, 2.05) is 53.4 Å². The Morgan fingerprint density at radius 3 is 1.96 bits per heavy atom. The van der Waals surface area contributed by atoms with E-state index in [2.05, 4.69) is 17.4 Å². The second-order valence-corrected chi connectivity index (χ2v) is 5.65. The molecular weight excluding hydrogens is 292 g/mol. The zero-order valence-corrected chi connectivity index (χ0v) is 13.3.